The standard InChI is InChI=1S/C11H15NO4S/c1-11(2,3)16-10(13)8-5-6-9(12-7-8)17(4,14)15/h5-7H,1-4H3. The first kappa shape index (κ1) is 13.6. The number of aromatic nitrogens is 1. The van der Waals surface area contributed by atoms with Crippen molar-refractivity contribution in [3.8, 4) is 0 Å². The van der Waals surface area contributed by atoms with E-state index in [1.54, 1.807) is 20.8 Å². The second kappa shape index (κ2) is 4.44. The van der Waals surface area contributed by atoms with E-state index in [2.05, 4.69) is 4.98 Å². The zero-order valence-electron chi connectivity index (χ0n) is 10.2. The number of esters is 1. The zero-order valence-corrected chi connectivity index (χ0v) is 11.0. The van der Waals surface area contributed by atoms with E-state index in [4.69, 9.17) is 4.74 Å². The Balaban J connectivity index is 2.93. The van der Waals surface area contributed by atoms with Crippen LogP contribution in [0.3, 0.4) is 0 Å². The number of hydrogen-bond donors (Lipinski definition) is 0. The predicted octanol–water partition coefficient (Wildman–Crippen LogP) is 1.44. The average molecular weight is 257 g/mol. The van der Waals surface area contributed by atoms with Gasteiger partial charge in [0.15, 0.2) is 14.9 Å². The third-order valence-electron chi connectivity index (χ3n) is 1.75. The molecule has 1 aromatic heterocycles. The molecule has 0 unspecified atom stereocenters. The summed E-state index contributed by atoms with van der Waals surface area (Å²) in [4.78, 5) is 15.3. The third-order valence-corrected chi connectivity index (χ3v) is 2.75. The van der Waals surface area contributed by atoms with Crippen LogP contribution in [0.15, 0.2) is 23.4 Å². The molecule has 0 saturated heterocycles. The molecular formula is C11H15NO4S. The molecule has 0 aliphatic carbocycles. The van der Waals surface area contributed by atoms with Crippen molar-refractivity contribution >= 4 is 15.8 Å². The molecule has 0 fully saturated rings. The maximum absolute atomic E-state index is 11.6. The number of sulfone groups is 1. The number of rotatable bonds is 2. The molecular weight excluding hydrogens is 242 g/mol. The lowest BCUT2D eigenvalue weighted by Gasteiger charge is -2.19. The first-order chi connectivity index (χ1) is 7.59. The maximum Gasteiger partial charge on any atom is 0.340 e. The van der Waals surface area contributed by atoms with Crippen molar-refractivity contribution in [1.82, 2.24) is 4.98 Å². The van der Waals surface area contributed by atoms with Crippen molar-refractivity contribution in [2.24, 2.45) is 0 Å². The largest absolute Gasteiger partial charge is 0.456 e. The Kier molecular flexibility index (Phi) is 3.56. The summed E-state index contributed by atoms with van der Waals surface area (Å²) >= 11 is 0. The van der Waals surface area contributed by atoms with E-state index in [0.29, 0.717) is 0 Å². The van der Waals surface area contributed by atoms with Crippen molar-refractivity contribution in [3.63, 3.8) is 0 Å². The van der Waals surface area contributed by atoms with Gasteiger partial charge >= 0.3 is 5.97 Å². The van der Waals surface area contributed by atoms with Gasteiger partial charge < -0.3 is 4.74 Å². The fourth-order valence-corrected chi connectivity index (χ4v) is 1.62. The van der Waals surface area contributed by atoms with Gasteiger partial charge in [-0.05, 0) is 32.9 Å². The summed E-state index contributed by atoms with van der Waals surface area (Å²) < 4.78 is 27.4. The molecule has 1 rings (SSSR count). The Hall–Kier alpha value is -1.43. The summed E-state index contributed by atoms with van der Waals surface area (Å²) in [5, 5.41) is -0.0650. The first-order valence-electron chi connectivity index (χ1n) is 4.99. The van der Waals surface area contributed by atoms with Crippen LogP contribution in [0.2, 0.25) is 0 Å². The lowest BCUT2D eigenvalue weighted by atomic mass is 10.2. The molecule has 1 aromatic rings. The molecule has 0 radical (unpaired) electrons. The van der Waals surface area contributed by atoms with Gasteiger partial charge in [-0.25, -0.2) is 18.2 Å². The van der Waals surface area contributed by atoms with E-state index in [1.807, 2.05) is 0 Å². The van der Waals surface area contributed by atoms with Crippen LogP contribution in [-0.4, -0.2) is 31.2 Å². The molecule has 6 heteroatoms. The number of carbonyl (C=O) groups excluding carboxylic acids is 1. The van der Waals surface area contributed by atoms with Crippen LogP contribution in [0.25, 0.3) is 0 Å². The van der Waals surface area contributed by atoms with Crippen molar-refractivity contribution in [2.45, 2.75) is 31.4 Å². The Morgan fingerprint density at radius 3 is 2.24 bits per heavy atom. The van der Waals surface area contributed by atoms with Crippen molar-refractivity contribution in [1.29, 1.82) is 0 Å². The molecule has 0 amide bonds. The molecule has 0 saturated carbocycles. The fraction of sp³-hybridized carbons (Fsp3) is 0.455. The monoisotopic (exact) mass is 257 g/mol. The fourth-order valence-electron chi connectivity index (χ4n) is 1.06. The number of ether oxygens (including phenoxy) is 1. The molecule has 0 N–H and O–H groups in total. The summed E-state index contributed by atoms with van der Waals surface area (Å²) in [6, 6.07) is 2.67. The van der Waals surface area contributed by atoms with E-state index < -0.39 is 21.4 Å². The molecule has 0 spiro atoms. The zero-order chi connectivity index (χ0) is 13.3. The summed E-state index contributed by atoms with van der Waals surface area (Å²) in [6.45, 7) is 5.26. The molecule has 17 heavy (non-hydrogen) atoms. The summed E-state index contributed by atoms with van der Waals surface area (Å²) in [7, 11) is -3.34. The quantitative estimate of drug-likeness (QED) is 0.749. The van der Waals surface area contributed by atoms with Gasteiger partial charge in [-0.2, -0.15) is 0 Å². The Morgan fingerprint density at radius 1 is 1.29 bits per heavy atom. The molecule has 0 aromatic carbocycles. The topological polar surface area (TPSA) is 73.3 Å². The van der Waals surface area contributed by atoms with Crippen LogP contribution in [-0.2, 0) is 14.6 Å². The second-order valence-corrected chi connectivity index (χ2v) is 6.62. The lowest BCUT2D eigenvalue weighted by molar-refractivity contribution is 0.00689. The van der Waals surface area contributed by atoms with Crippen molar-refractivity contribution in [3.05, 3.63) is 23.9 Å². The highest BCUT2D eigenvalue weighted by Gasteiger charge is 2.18. The minimum Gasteiger partial charge on any atom is -0.456 e. The average Bonchev–Trinajstić information content (AvgIpc) is 2.14. The minimum absolute atomic E-state index is 0.0650. The van der Waals surface area contributed by atoms with E-state index in [9.17, 15) is 13.2 Å². The van der Waals surface area contributed by atoms with Crippen LogP contribution in [0, 0.1) is 0 Å². The number of nitrogens with zero attached hydrogens (tertiary/aromatic N) is 1. The lowest BCUT2D eigenvalue weighted by Crippen LogP contribution is -2.24. The molecule has 94 valence electrons. The van der Waals surface area contributed by atoms with Crippen LogP contribution in [0.1, 0.15) is 31.1 Å². The van der Waals surface area contributed by atoms with E-state index in [0.717, 1.165) is 6.26 Å². The van der Waals surface area contributed by atoms with Gasteiger partial charge in [-0.1, -0.05) is 0 Å². The van der Waals surface area contributed by atoms with Gasteiger partial charge in [0, 0.05) is 12.5 Å². The smallest absolute Gasteiger partial charge is 0.340 e. The minimum atomic E-state index is -3.34. The predicted molar refractivity (Wildman–Crippen MR) is 62.5 cm³/mol. The Bertz CT molecular complexity index is 511. The highest BCUT2D eigenvalue weighted by atomic mass is 32.2. The molecule has 0 aliphatic heterocycles. The van der Waals surface area contributed by atoms with E-state index >= 15 is 0 Å². The van der Waals surface area contributed by atoms with Gasteiger partial charge in [-0.15, -0.1) is 0 Å². The number of hydrogen-bond acceptors (Lipinski definition) is 5. The van der Waals surface area contributed by atoms with Crippen LogP contribution >= 0.6 is 0 Å². The first-order valence-corrected chi connectivity index (χ1v) is 6.88. The molecule has 1 heterocycles. The summed E-state index contributed by atoms with van der Waals surface area (Å²) in [6.07, 6.45) is 2.26. The second-order valence-electron chi connectivity index (χ2n) is 4.66. The van der Waals surface area contributed by atoms with Gasteiger partial charge in [0.05, 0.1) is 5.56 Å². The number of carbonyl (C=O) groups is 1. The van der Waals surface area contributed by atoms with E-state index in [1.165, 1.54) is 18.3 Å². The van der Waals surface area contributed by atoms with Crippen LogP contribution in [0.5, 0.6) is 0 Å². The van der Waals surface area contributed by atoms with Crippen LogP contribution < -0.4 is 0 Å². The van der Waals surface area contributed by atoms with E-state index in [-0.39, 0.29) is 10.6 Å². The summed E-state index contributed by atoms with van der Waals surface area (Å²) in [5.41, 5.74) is -0.362. The Morgan fingerprint density at radius 2 is 1.88 bits per heavy atom. The Labute approximate surface area is 101 Å². The summed E-state index contributed by atoms with van der Waals surface area (Å²) in [5.74, 6) is -0.523. The van der Waals surface area contributed by atoms with Gasteiger partial charge in [0.1, 0.15) is 5.60 Å². The highest BCUT2D eigenvalue weighted by molar-refractivity contribution is 7.90. The molecule has 0 bridgehead atoms. The third kappa shape index (κ3) is 4.14. The van der Waals surface area contributed by atoms with Crippen molar-refractivity contribution in [2.75, 3.05) is 6.26 Å². The SMILES string of the molecule is CC(C)(C)OC(=O)c1ccc(S(C)(=O)=O)nc1. The molecule has 0 atom stereocenters. The number of pyridine rings is 1. The maximum atomic E-state index is 11.6. The normalized spacial score (nSPS) is 12.2. The molecule has 0 aliphatic rings. The van der Waals surface area contributed by atoms with Crippen molar-refractivity contribution < 1.29 is 17.9 Å². The highest BCUT2D eigenvalue weighted by Crippen LogP contribution is 2.12. The van der Waals surface area contributed by atoms with Gasteiger partial charge in [-0.3, -0.25) is 0 Å². The van der Waals surface area contributed by atoms with Gasteiger partial charge in [0.2, 0.25) is 0 Å². The molecule has 5 nitrogen and oxygen atoms in total. The van der Waals surface area contributed by atoms with Gasteiger partial charge in [0.25, 0.3) is 0 Å². The van der Waals surface area contributed by atoms with Crippen LogP contribution in [0.4, 0.5) is 0 Å².